The second kappa shape index (κ2) is 5.94. The van der Waals surface area contributed by atoms with Gasteiger partial charge in [0.1, 0.15) is 0 Å². The maximum absolute atomic E-state index is 8.87. The summed E-state index contributed by atoms with van der Waals surface area (Å²) in [5.74, 6) is 0. The molecule has 0 aliphatic carbocycles. The summed E-state index contributed by atoms with van der Waals surface area (Å²) in [6.45, 7) is 1.29. The van der Waals surface area contributed by atoms with E-state index in [4.69, 9.17) is 14.6 Å². The zero-order chi connectivity index (χ0) is 11.2. The molecule has 1 aromatic rings. The van der Waals surface area contributed by atoms with E-state index in [1.54, 1.807) is 6.20 Å². The third-order valence-electron chi connectivity index (χ3n) is 2.62. The zero-order valence-corrected chi connectivity index (χ0v) is 9.26. The highest BCUT2D eigenvalue weighted by atomic mass is 16.7. The van der Waals surface area contributed by atoms with Gasteiger partial charge in [0.05, 0.1) is 18.9 Å². The van der Waals surface area contributed by atoms with Crippen molar-refractivity contribution in [2.24, 2.45) is 0 Å². The average molecular weight is 223 g/mol. The molecule has 1 saturated heterocycles. The first kappa shape index (κ1) is 11.5. The van der Waals surface area contributed by atoms with Crippen molar-refractivity contribution in [3.05, 3.63) is 29.6 Å². The Morgan fingerprint density at radius 1 is 1.44 bits per heavy atom. The van der Waals surface area contributed by atoms with Gasteiger partial charge in [0, 0.05) is 12.8 Å². The molecule has 0 aromatic carbocycles. The van der Waals surface area contributed by atoms with E-state index < -0.39 is 0 Å². The van der Waals surface area contributed by atoms with Crippen molar-refractivity contribution in [1.29, 1.82) is 0 Å². The number of aliphatic hydroxyl groups is 1. The Hall–Kier alpha value is -0.970. The highest BCUT2D eigenvalue weighted by Crippen LogP contribution is 2.15. The first-order valence-electron chi connectivity index (χ1n) is 5.66. The maximum Gasteiger partial charge on any atom is 0.158 e. The standard InChI is InChI=1S/C12H17NO3/c14-8-10-4-5-11(13-7-10)9-16-12-3-1-2-6-15-12/h4-5,7,12,14H,1-3,6,8-9H2/t12-/m1/s1. The number of hydrogen-bond donors (Lipinski definition) is 1. The molecule has 1 fully saturated rings. The van der Waals surface area contributed by atoms with Crippen LogP contribution >= 0.6 is 0 Å². The van der Waals surface area contributed by atoms with Crippen LogP contribution in [0.2, 0.25) is 0 Å². The van der Waals surface area contributed by atoms with Crippen LogP contribution in [0.5, 0.6) is 0 Å². The first-order valence-corrected chi connectivity index (χ1v) is 5.66. The lowest BCUT2D eigenvalue weighted by molar-refractivity contribution is -0.169. The van der Waals surface area contributed by atoms with Crippen LogP contribution in [0.25, 0.3) is 0 Å². The Morgan fingerprint density at radius 3 is 3.00 bits per heavy atom. The van der Waals surface area contributed by atoms with E-state index in [1.807, 2.05) is 12.1 Å². The van der Waals surface area contributed by atoms with Gasteiger partial charge in [-0.1, -0.05) is 6.07 Å². The molecule has 1 aliphatic rings. The molecule has 0 amide bonds. The predicted molar refractivity (Wildman–Crippen MR) is 58.5 cm³/mol. The van der Waals surface area contributed by atoms with Crippen molar-refractivity contribution in [2.45, 2.75) is 38.8 Å². The summed E-state index contributed by atoms with van der Waals surface area (Å²) in [5.41, 5.74) is 1.68. The van der Waals surface area contributed by atoms with Crippen LogP contribution < -0.4 is 0 Å². The largest absolute Gasteiger partial charge is 0.392 e. The molecular formula is C12H17NO3. The van der Waals surface area contributed by atoms with Gasteiger partial charge in [-0.25, -0.2) is 0 Å². The van der Waals surface area contributed by atoms with Crippen molar-refractivity contribution in [3.63, 3.8) is 0 Å². The van der Waals surface area contributed by atoms with Crippen LogP contribution in [0.1, 0.15) is 30.5 Å². The van der Waals surface area contributed by atoms with Crippen LogP contribution in [-0.2, 0) is 22.7 Å². The summed E-state index contributed by atoms with van der Waals surface area (Å²) in [7, 11) is 0. The van der Waals surface area contributed by atoms with Crippen LogP contribution in [0.3, 0.4) is 0 Å². The van der Waals surface area contributed by atoms with Crippen LogP contribution in [0.15, 0.2) is 18.3 Å². The molecular weight excluding hydrogens is 206 g/mol. The second-order valence-corrected chi connectivity index (χ2v) is 3.92. The van der Waals surface area contributed by atoms with Gasteiger partial charge in [0.15, 0.2) is 6.29 Å². The van der Waals surface area contributed by atoms with E-state index in [-0.39, 0.29) is 12.9 Å². The first-order chi connectivity index (χ1) is 7.88. The Bertz CT molecular complexity index is 307. The molecule has 0 unspecified atom stereocenters. The topological polar surface area (TPSA) is 51.6 Å². The van der Waals surface area contributed by atoms with E-state index in [0.29, 0.717) is 6.61 Å². The zero-order valence-electron chi connectivity index (χ0n) is 9.26. The Kier molecular flexibility index (Phi) is 4.27. The van der Waals surface area contributed by atoms with E-state index in [0.717, 1.165) is 30.7 Å². The number of nitrogens with zero attached hydrogens (tertiary/aromatic N) is 1. The Morgan fingerprint density at radius 2 is 2.38 bits per heavy atom. The van der Waals surface area contributed by atoms with Gasteiger partial charge in [0.2, 0.25) is 0 Å². The molecule has 1 atom stereocenters. The van der Waals surface area contributed by atoms with E-state index in [1.165, 1.54) is 6.42 Å². The third-order valence-corrected chi connectivity index (χ3v) is 2.62. The molecule has 0 bridgehead atoms. The number of rotatable bonds is 4. The molecule has 88 valence electrons. The van der Waals surface area contributed by atoms with Crippen molar-refractivity contribution in [3.8, 4) is 0 Å². The second-order valence-electron chi connectivity index (χ2n) is 3.92. The van der Waals surface area contributed by atoms with Crippen molar-refractivity contribution < 1.29 is 14.6 Å². The number of aromatic nitrogens is 1. The lowest BCUT2D eigenvalue weighted by Crippen LogP contribution is -2.22. The van der Waals surface area contributed by atoms with Crippen LogP contribution in [0.4, 0.5) is 0 Å². The molecule has 16 heavy (non-hydrogen) atoms. The van der Waals surface area contributed by atoms with Gasteiger partial charge in [-0.2, -0.15) is 0 Å². The van der Waals surface area contributed by atoms with Gasteiger partial charge in [0.25, 0.3) is 0 Å². The van der Waals surface area contributed by atoms with Crippen molar-refractivity contribution >= 4 is 0 Å². The average Bonchev–Trinajstić information content (AvgIpc) is 2.38. The molecule has 1 aliphatic heterocycles. The molecule has 0 radical (unpaired) electrons. The summed E-state index contributed by atoms with van der Waals surface area (Å²) in [4.78, 5) is 4.19. The molecule has 0 spiro atoms. The lowest BCUT2D eigenvalue weighted by Gasteiger charge is -2.22. The molecule has 1 N–H and O–H groups in total. The minimum atomic E-state index is -0.0759. The van der Waals surface area contributed by atoms with E-state index in [9.17, 15) is 0 Å². The van der Waals surface area contributed by atoms with Crippen molar-refractivity contribution in [2.75, 3.05) is 6.61 Å². The highest BCUT2D eigenvalue weighted by Gasteiger charge is 2.13. The Balaban J connectivity index is 1.79. The fraction of sp³-hybridized carbons (Fsp3) is 0.583. The van der Waals surface area contributed by atoms with Crippen LogP contribution in [-0.4, -0.2) is 23.0 Å². The fourth-order valence-corrected chi connectivity index (χ4v) is 1.65. The predicted octanol–water partition coefficient (Wildman–Crippen LogP) is 1.62. The SMILES string of the molecule is OCc1ccc(CO[C@@H]2CCCCO2)nc1. The smallest absolute Gasteiger partial charge is 0.158 e. The van der Waals surface area contributed by atoms with Gasteiger partial charge in [-0.3, -0.25) is 4.98 Å². The third kappa shape index (κ3) is 3.27. The van der Waals surface area contributed by atoms with Crippen molar-refractivity contribution in [1.82, 2.24) is 4.98 Å². The molecule has 2 rings (SSSR count). The molecule has 4 nitrogen and oxygen atoms in total. The summed E-state index contributed by atoms with van der Waals surface area (Å²) >= 11 is 0. The molecule has 0 saturated carbocycles. The quantitative estimate of drug-likeness (QED) is 0.842. The highest BCUT2D eigenvalue weighted by molar-refractivity contribution is 5.12. The van der Waals surface area contributed by atoms with Gasteiger partial charge in [-0.05, 0) is 30.9 Å². The van der Waals surface area contributed by atoms with Gasteiger partial charge < -0.3 is 14.6 Å². The molecule has 1 aromatic heterocycles. The number of hydrogen-bond acceptors (Lipinski definition) is 4. The maximum atomic E-state index is 8.87. The summed E-state index contributed by atoms with van der Waals surface area (Å²) in [6.07, 6.45) is 4.85. The summed E-state index contributed by atoms with van der Waals surface area (Å²) in [5, 5.41) is 8.87. The molecule has 2 heterocycles. The minimum Gasteiger partial charge on any atom is -0.392 e. The van der Waals surface area contributed by atoms with E-state index >= 15 is 0 Å². The molecule has 4 heteroatoms. The van der Waals surface area contributed by atoms with Gasteiger partial charge in [-0.15, -0.1) is 0 Å². The number of pyridine rings is 1. The van der Waals surface area contributed by atoms with Crippen LogP contribution in [0, 0.1) is 0 Å². The normalized spacial score (nSPS) is 20.9. The number of ether oxygens (including phenoxy) is 2. The fourth-order valence-electron chi connectivity index (χ4n) is 1.65. The summed E-state index contributed by atoms with van der Waals surface area (Å²) in [6, 6.07) is 3.72. The number of aliphatic hydroxyl groups excluding tert-OH is 1. The summed E-state index contributed by atoms with van der Waals surface area (Å²) < 4.78 is 11.0. The van der Waals surface area contributed by atoms with Gasteiger partial charge >= 0.3 is 0 Å². The monoisotopic (exact) mass is 223 g/mol. The Labute approximate surface area is 95.2 Å². The van der Waals surface area contributed by atoms with E-state index in [2.05, 4.69) is 4.98 Å². The lowest BCUT2D eigenvalue weighted by atomic mass is 10.2. The minimum absolute atomic E-state index is 0.0277.